The van der Waals surface area contributed by atoms with Gasteiger partial charge in [-0.25, -0.2) is 9.59 Å². The van der Waals surface area contributed by atoms with Crippen LogP contribution in [0.25, 0.3) is 43.6 Å². The fourth-order valence-electron chi connectivity index (χ4n) is 6.59. The van der Waals surface area contributed by atoms with E-state index in [4.69, 9.17) is 9.47 Å². The number of aryl methyl sites for hydroxylation is 2. The normalized spacial score (nSPS) is 13.9. The number of benzene rings is 4. The third-order valence-electron chi connectivity index (χ3n) is 8.68. The Kier molecular flexibility index (Phi) is 6.77. The van der Waals surface area contributed by atoms with Gasteiger partial charge in [0, 0.05) is 69.1 Å². The average molecular weight is 587 g/mol. The lowest BCUT2D eigenvalue weighted by molar-refractivity contribution is -0.142. The molecule has 0 atom stereocenters. The Bertz CT molecular complexity index is 2140. The highest BCUT2D eigenvalue weighted by molar-refractivity contribution is 6.11. The average Bonchev–Trinajstić information content (AvgIpc) is 3.50. The van der Waals surface area contributed by atoms with Gasteiger partial charge in [-0.1, -0.05) is 36.4 Å². The predicted octanol–water partition coefficient (Wildman–Crippen LogP) is 6.64. The van der Waals surface area contributed by atoms with E-state index in [0.29, 0.717) is 6.67 Å². The smallest absolute Gasteiger partial charge is 0.355 e. The zero-order valence-corrected chi connectivity index (χ0v) is 25.3. The summed E-state index contributed by atoms with van der Waals surface area (Å²) in [4.78, 5) is 31.1. The van der Waals surface area contributed by atoms with Gasteiger partial charge in [-0.2, -0.15) is 0 Å². The van der Waals surface area contributed by atoms with Gasteiger partial charge in [0.15, 0.2) is 0 Å². The molecule has 1 aliphatic rings. The number of hydrogen-bond acceptors (Lipinski definition) is 6. The first-order chi connectivity index (χ1) is 21.4. The molecule has 2 aromatic heterocycles. The summed E-state index contributed by atoms with van der Waals surface area (Å²) >= 11 is 0. The summed E-state index contributed by atoms with van der Waals surface area (Å²) in [6, 6.07) is 29.1. The summed E-state index contributed by atoms with van der Waals surface area (Å²) in [7, 11) is 4.13. The van der Waals surface area contributed by atoms with Gasteiger partial charge in [0.2, 0.25) is 0 Å². The van der Waals surface area contributed by atoms with Crippen LogP contribution < -0.4 is 9.80 Å². The van der Waals surface area contributed by atoms with E-state index >= 15 is 0 Å². The van der Waals surface area contributed by atoms with Crippen LogP contribution in [0.5, 0.6) is 0 Å². The van der Waals surface area contributed by atoms with Gasteiger partial charge in [-0.3, -0.25) is 0 Å². The predicted molar refractivity (Wildman–Crippen MR) is 176 cm³/mol. The van der Waals surface area contributed by atoms with Gasteiger partial charge in [0.05, 0.1) is 32.0 Å². The minimum atomic E-state index is -0.544. The minimum absolute atomic E-state index is 0.191. The summed E-state index contributed by atoms with van der Waals surface area (Å²) in [5.74, 6) is -1.07. The molecule has 222 valence electrons. The van der Waals surface area contributed by atoms with Crippen molar-refractivity contribution in [2.75, 3.05) is 36.2 Å². The van der Waals surface area contributed by atoms with Crippen molar-refractivity contribution in [3.8, 4) is 0 Å². The standard InChI is InChI=1S/C36H34N4O4/c1-5-43-35(41)29-21-39(23-15-17-32-27(19-23)25-11-7-9-13-30(25)37(32)3)22-40(34(29)36(42)44-6-2)24-16-18-33-28(20-24)26-12-8-10-14-31(26)38(33)4/h7-20H,5-6,21-22H2,1-4H3. The van der Waals surface area contributed by atoms with Crippen LogP contribution >= 0.6 is 0 Å². The highest BCUT2D eigenvalue weighted by Crippen LogP contribution is 2.37. The van der Waals surface area contributed by atoms with Crippen molar-refractivity contribution in [3.05, 3.63) is 96.2 Å². The molecular weight excluding hydrogens is 552 g/mol. The molecule has 4 aromatic carbocycles. The van der Waals surface area contributed by atoms with Gasteiger partial charge < -0.3 is 28.4 Å². The summed E-state index contributed by atoms with van der Waals surface area (Å²) in [6.45, 7) is 4.46. The Morgan fingerprint density at radius 3 is 1.73 bits per heavy atom. The summed E-state index contributed by atoms with van der Waals surface area (Å²) in [6.07, 6.45) is 0. The molecular formula is C36H34N4O4. The third-order valence-corrected chi connectivity index (χ3v) is 8.68. The van der Waals surface area contributed by atoms with Crippen LogP contribution in [-0.2, 0) is 33.2 Å². The van der Waals surface area contributed by atoms with E-state index in [1.165, 1.54) is 0 Å². The molecule has 8 nitrogen and oxygen atoms in total. The lowest BCUT2D eigenvalue weighted by atomic mass is 10.1. The molecule has 0 saturated carbocycles. The summed E-state index contributed by atoms with van der Waals surface area (Å²) in [5, 5.41) is 4.47. The van der Waals surface area contributed by atoms with Crippen LogP contribution in [0.4, 0.5) is 11.4 Å². The van der Waals surface area contributed by atoms with Gasteiger partial charge in [-0.05, 0) is 62.4 Å². The fourth-order valence-corrected chi connectivity index (χ4v) is 6.59. The van der Waals surface area contributed by atoms with E-state index in [9.17, 15) is 9.59 Å². The second kappa shape index (κ2) is 10.8. The van der Waals surface area contributed by atoms with Crippen molar-refractivity contribution < 1.29 is 19.1 Å². The van der Waals surface area contributed by atoms with E-state index in [0.717, 1.165) is 55.0 Å². The maximum Gasteiger partial charge on any atom is 0.355 e. The molecule has 7 rings (SSSR count). The zero-order valence-electron chi connectivity index (χ0n) is 25.3. The van der Waals surface area contributed by atoms with Crippen LogP contribution in [-0.4, -0.2) is 47.5 Å². The molecule has 0 radical (unpaired) electrons. The largest absolute Gasteiger partial charge is 0.463 e. The number of ether oxygens (including phenoxy) is 2. The van der Waals surface area contributed by atoms with E-state index in [2.05, 4.69) is 82.7 Å². The number of carbonyl (C=O) groups is 2. The second-order valence-electron chi connectivity index (χ2n) is 11.1. The van der Waals surface area contributed by atoms with E-state index in [-0.39, 0.29) is 31.0 Å². The highest BCUT2D eigenvalue weighted by atomic mass is 16.5. The number of nitrogens with zero attached hydrogens (tertiary/aromatic N) is 4. The molecule has 1 aliphatic heterocycles. The van der Waals surface area contributed by atoms with Crippen LogP contribution in [0, 0.1) is 0 Å². The number of fused-ring (bicyclic) bond motifs is 6. The quantitative estimate of drug-likeness (QED) is 0.204. The summed E-state index contributed by atoms with van der Waals surface area (Å²) < 4.78 is 15.4. The Balaban J connectivity index is 1.42. The first-order valence-electron chi connectivity index (χ1n) is 15.0. The number of aromatic nitrogens is 2. The topological polar surface area (TPSA) is 68.9 Å². The van der Waals surface area contributed by atoms with Crippen molar-refractivity contribution in [1.29, 1.82) is 0 Å². The highest BCUT2D eigenvalue weighted by Gasteiger charge is 2.36. The molecule has 3 heterocycles. The fraction of sp³-hybridized carbons (Fsp3) is 0.222. The number of hydrogen-bond donors (Lipinski definition) is 0. The minimum Gasteiger partial charge on any atom is -0.463 e. The second-order valence-corrected chi connectivity index (χ2v) is 11.1. The third kappa shape index (κ3) is 4.28. The Hall–Kier alpha value is -5.24. The number of rotatable bonds is 6. The molecule has 6 aromatic rings. The lowest BCUT2D eigenvalue weighted by Crippen LogP contribution is -2.48. The molecule has 0 amide bonds. The molecule has 0 saturated heterocycles. The molecule has 0 N–H and O–H groups in total. The molecule has 0 unspecified atom stereocenters. The molecule has 44 heavy (non-hydrogen) atoms. The number of esters is 2. The van der Waals surface area contributed by atoms with Gasteiger partial charge >= 0.3 is 11.9 Å². The van der Waals surface area contributed by atoms with Crippen molar-refractivity contribution in [2.24, 2.45) is 14.1 Å². The Morgan fingerprint density at radius 1 is 0.636 bits per heavy atom. The van der Waals surface area contributed by atoms with Crippen molar-refractivity contribution >= 4 is 66.9 Å². The van der Waals surface area contributed by atoms with Crippen LogP contribution in [0.1, 0.15) is 13.8 Å². The van der Waals surface area contributed by atoms with E-state index in [1.807, 2.05) is 35.2 Å². The van der Waals surface area contributed by atoms with E-state index < -0.39 is 11.9 Å². The van der Waals surface area contributed by atoms with Crippen LogP contribution in [0.3, 0.4) is 0 Å². The maximum atomic E-state index is 13.6. The maximum absolute atomic E-state index is 13.6. The number of anilines is 2. The zero-order chi connectivity index (χ0) is 30.5. The first-order valence-corrected chi connectivity index (χ1v) is 15.0. The first kappa shape index (κ1) is 27.6. The monoisotopic (exact) mass is 586 g/mol. The van der Waals surface area contributed by atoms with Gasteiger partial charge in [0.25, 0.3) is 0 Å². The SMILES string of the molecule is CCOC(=O)C1=C(C(=O)OCC)N(c2ccc3c(c2)c2ccccc2n3C)CN(c2ccc3c(c2)c2ccccc2n3C)C1. The molecule has 0 fully saturated rings. The van der Waals surface area contributed by atoms with Crippen molar-refractivity contribution in [3.63, 3.8) is 0 Å². The number of carbonyl (C=O) groups excluding carboxylic acids is 2. The van der Waals surface area contributed by atoms with Gasteiger partial charge in [0.1, 0.15) is 5.70 Å². The van der Waals surface area contributed by atoms with Crippen molar-refractivity contribution in [2.45, 2.75) is 13.8 Å². The van der Waals surface area contributed by atoms with E-state index in [1.54, 1.807) is 13.8 Å². The van der Waals surface area contributed by atoms with Crippen molar-refractivity contribution in [1.82, 2.24) is 9.13 Å². The molecule has 0 aliphatic carbocycles. The summed E-state index contributed by atoms with van der Waals surface area (Å²) in [5.41, 5.74) is 6.69. The Morgan fingerprint density at radius 2 is 1.14 bits per heavy atom. The van der Waals surface area contributed by atoms with Crippen LogP contribution in [0.2, 0.25) is 0 Å². The molecule has 8 heteroatoms. The number of para-hydroxylation sites is 2. The Labute approximate surface area is 255 Å². The van der Waals surface area contributed by atoms with Crippen LogP contribution in [0.15, 0.2) is 96.2 Å². The molecule has 0 bridgehead atoms. The molecule has 0 spiro atoms. The lowest BCUT2D eigenvalue weighted by Gasteiger charge is -2.39. The van der Waals surface area contributed by atoms with Gasteiger partial charge in [-0.15, -0.1) is 0 Å².